The van der Waals surface area contributed by atoms with Gasteiger partial charge in [-0.05, 0) is 42.2 Å². The standard InChI is InChI=1S/C17H20N2O2S2/c20-16(6-1-8-18-17(21)13-7-11-22-12-13)19-9-2-4-14(19)15-5-3-10-23-15/h3,5,7,10-12,14H,1-2,4,6,8-9H2,(H,18,21). The molecule has 1 aliphatic heterocycles. The molecule has 0 spiro atoms. The number of hydrogen-bond acceptors (Lipinski definition) is 4. The van der Waals surface area contributed by atoms with E-state index in [-0.39, 0.29) is 17.9 Å². The fourth-order valence-corrected chi connectivity index (χ4v) is 4.43. The summed E-state index contributed by atoms with van der Waals surface area (Å²) in [4.78, 5) is 27.5. The number of likely N-dealkylation sites (tertiary alicyclic amines) is 1. The maximum atomic E-state index is 12.4. The molecule has 6 heteroatoms. The van der Waals surface area contributed by atoms with E-state index < -0.39 is 0 Å². The first-order valence-electron chi connectivity index (χ1n) is 7.89. The number of carbonyl (C=O) groups is 2. The van der Waals surface area contributed by atoms with Gasteiger partial charge >= 0.3 is 0 Å². The van der Waals surface area contributed by atoms with Crippen LogP contribution in [0.5, 0.6) is 0 Å². The Kier molecular flexibility index (Phi) is 5.46. The van der Waals surface area contributed by atoms with Crippen molar-refractivity contribution in [1.29, 1.82) is 0 Å². The number of carbonyl (C=O) groups excluding carboxylic acids is 2. The van der Waals surface area contributed by atoms with Gasteiger partial charge in [0.05, 0.1) is 6.04 Å². The van der Waals surface area contributed by atoms with Gasteiger partial charge in [-0.25, -0.2) is 0 Å². The summed E-state index contributed by atoms with van der Waals surface area (Å²) in [6, 6.07) is 6.21. The summed E-state index contributed by atoms with van der Waals surface area (Å²) in [7, 11) is 0. The minimum atomic E-state index is -0.0590. The molecule has 0 bridgehead atoms. The first kappa shape index (κ1) is 16.2. The zero-order valence-electron chi connectivity index (χ0n) is 12.9. The van der Waals surface area contributed by atoms with Crippen LogP contribution in [0.25, 0.3) is 0 Å². The second-order valence-electron chi connectivity index (χ2n) is 5.63. The van der Waals surface area contributed by atoms with Gasteiger partial charge in [0.1, 0.15) is 0 Å². The fraction of sp³-hybridized carbons (Fsp3) is 0.412. The fourth-order valence-electron chi connectivity index (χ4n) is 2.92. The van der Waals surface area contributed by atoms with Crippen LogP contribution in [0.4, 0.5) is 0 Å². The molecule has 3 heterocycles. The summed E-state index contributed by atoms with van der Waals surface area (Å²) < 4.78 is 0. The Morgan fingerprint density at radius 1 is 1.30 bits per heavy atom. The lowest BCUT2D eigenvalue weighted by atomic mass is 10.1. The molecule has 1 atom stereocenters. The Bertz CT molecular complexity index is 638. The Morgan fingerprint density at radius 3 is 2.96 bits per heavy atom. The van der Waals surface area contributed by atoms with Gasteiger partial charge in [-0.15, -0.1) is 11.3 Å². The van der Waals surface area contributed by atoms with E-state index in [0.717, 1.165) is 19.4 Å². The maximum Gasteiger partial charge on any atom is 0.252 e. The van der Waals surface area contributed by atoms with Crippen molar-refractivity contribution in [3.8, 4) is 0 Å². The highest BCUT2D eigenvalue weighted by Crippen LogP contribution is 2.34. The van der Waals surface area contributed by atoms with Crippen molar-refractivity contribution in [2.45, 2.75) is 31.7 Å². The highest BCUT2D eigenvalue weighted by Gasteiger charge is 2.29. The van der Waals surface area contributed by atoms with Gasteiger partial charge in [0.15, 0.2) is 0 Å². The van der Waals surface area contributed by atoms with Gasteiger partial charge in [-0.1, -0.05) is 6.07 Å². The van der Waals surface area contributed by atoms with Crippen LogP contribution < -0.4 is 5.32 Å². The molecule has 1 aliphatic rings. The predicted octanol–water partition coefficient (Wildman–Crippen LogP) is 3.68. The van der Waals surface area contributed by atoms with Gasteiger partial charge in [-0.3, -0.25) is 9.59 Å². The van der Waals surface area contributed by atoms with Crippen molar-refractivity contribution in [1.82, 2.24) is 10.2 Å². The quantitative estimate of drug-likeness (QED) is 0.810. The minimum absolute atomic E-state index is 0.0590. The first-order valence-corrected chi connectivity index (χ1v) is 9.71. The average molecular weight is 348 g/mol. The summed E-state index contributed by atoms with van der Waals surface area (Å²) >= 11 is 3.23. The molecule has 0 aliphatic carbocycles. The molecule has 1 saturated heterocycles. The zero-order valence-corrected chi connectivity index (χ0v) is 14.5. The number of rotatable bonds is 6. The third-order valence-electron chi connectivity index (χ3n) is 4.08. The lowest BCUT2D eigenvalue weighted by Crippen LogP contribution is -2.31. The second kappa shape index (κ2) is 7.75. The minimum Gasteiger partial charge on any atom is -0.352 e. The molecule has 23 heavy (non-hydrogen) atoms. The van der Waals surface area contributed by atoms with E-state index in [9.17, 15) is 9.59 Å². The van der Waals surface area contributed by atoms with Crippen LogP contribution in [0.3, 0.4) is 0 Å². The Balaban J connectivity index is 1.43. The summed E-state index contributed by atoms with van der Waals surface area (Å²) in [6.45, 7) is 1.39. The summed E-state index contributed by atoms with van der Waals surface area (Å²) in [5, 5.41) is 8.65. The molecule has 122 valence electrons. The molecule has 2 aromatic rings. The number of nitrogens with zero attached hydrogens (tertiary/aromatic N) is 1. The van der Waals surface area contributed by atoms with Crippen LogP contribution >= 0.6 is 22.7 Å². The van der Waals surface area contributed by atoms with Crippen LogP contribution in [0.15, 0.2) is 34.3 Å². The van der Waals surface area contributed by atoms with Gasteiger partial charge in [0.2, 0.25) is 5.91 Å². The Hall–Kier alpha value is -1.66. The van der Waals surface area contributed by atoms with E-state index in [1.54, 1.807) is 17.4 Å². The first-order chi connectivity index (χ1) is 11.3. The maximum absolute atomic E-state index is 12.4. The van der Waals surface area contributed by atoms with Crippen molar-refractivity contribution < 1.29 is 9.59 Å². The molecular formula is C17H20N2O2S2. The Morgan fingerprint density at radius 2 is 2.22 bits per heavy atom. The number of thiophene rings is 2. The van der Waals surface area contributed by atoms with Crippen molar-refractivity contribution in [2.24, 2.45) is 0 Å². The van der Waals surface area contributed by atoms with E-state index in [1.165, 1.54) is 16.2 Å². The highest BCUT2D eigenvalue weighted by molar-refractivity contribution is 7.10. The molecule has 0 radical (unpaired) electrons. The lowest BCUT2D eigenvalue weighted by molar-refractivity contribution is -0.132. The van der Waals surface area contributed by atoms with Crippen LogP contribution in [-0.4, -0.2) is 29.8 Å². The van der Waals surface area contributed by atoms with Crippen molar-refractivity contribution >= 4 is 34.5 Å². The van der Waals surface area contributed by atoms with E-state index in [2.05, 4.69) is 16.8 Å². The third kappa shape index (κ3) is 4.00. The molecule has 1 fully saturated rings. The predicted molar refractivity (Wildman–Crippen MR) is 93.9 cm³/mol. The van der Waals surface area contributed by atoms with Crippen LogP contribution in [0, 0.1) is 0 Å². The average Bonchev–Trinajstić information content (AvgIpc) is 3.32. The smallest absolute Gasteiger partial charge is 0.252 e. The van der Waals surface area contributed by atoms with Crippen molar-refractivity contribution in [3.05, 3.63) is 44.8 Å². The van der Waals surface area contributed by atoms with Crippen LogP contribution in [0.2, 0.25) is 0 Å². The van der Waals surface area contributed by atoms with Crippen molar-refractivity contribution in [2.75, 3.05) is 13.1 Å². The monoisotopic (exact) mass is 348 g/mol. The van der Waals surface area contributed by atoms with Crippen LogP contribution in [-0.2, 0) is 4.79 Å². The summed E-state index contributed by atoms with van der Waals surface area (Å²) in [5.74, 6) is 0.141. The normalized spacial score (nSPS) is 17.4. The molecule has 2 amide bonds. The molecule has 1 N–H and O–H groups in total. The Labute approximate surface area is 144 Å². The molecule has 3 rings (SSSR count). The largest absolute Gasteiger partial charge is 0.352 e. The second-order valence-corrected chi connectivity index (χ2v) is 7.39. The van der Waals surface area contributed by atoms with Gasteiger partial charge in [0, 0.05) is 35.3 Å². The topological polar surface area (TPSA) is 49.4 Å². The van der Waals surface area contributed by atoms with E-state index in [0.29, 0.717) is 24.9 Å². The number of nitrogens with one attached hydrogen (secondary N) is 1. The molecule has 0 aromatic carbocycles. The summed E-state index contributed by atoms with van der Waals surface area (Å²) in [6.07, 6.45) is 3.30. The van der Waals surface area contributed by atoms with Crippen molar-refractivity contribution in [3.63, 3.8) is 0 Å². The zero-order chi connectivity index (χ0) is 16.1. The number of hydrogen-bond donors (Lipinski definition) is 1. The highest BCUT2D eigenvalue weighted by atomic mass is 32.1. The third-order valence-corrected chi connectivity index (χ3v) is 5.74. The molecule has 1 unspecified atom stereocenters. The van der Waals surface area contributed by atoms with E-state index >= 15 is 0 Å². The number of amides is 2. The molecule has 4 nitrogen and oxygen atoms in total. The summed E-state index contributed by atoms with van der Waals surface area (Å²) in [5.41, 5.74) is 0.693. The van der Waals surface area contributed by atoms with E-state index in [4.69, 9.17) is 0 Å². The molecule has 2 aromatic heterocycles. The van der Waals surface area contributed by atoms with E-state index in [1.807, 2.05) is 21.7 Å². The van der Waals surface area contributed by atoms with Gasteiger partial charge in [-0.2, -0.15) is 11.3 Å². The molecular weight excluding hydrogens is 328 g/mol. The van der Waals surface area contributed by atoms with Crippen LogP contribution in [0.1, 0.15) is 47.0 Å². The molecule has 0 saturated carbocycles. The van der Waals surface area contributed by atoms with Gasteiger partial charge < -0.3 is 10.2 Å². The SMILES string of the molecule is O=C(NCCCC(=O)N1CCCC1c1cccs1)c1ccsc1. The van der Waals surface area contributed by atoms with Gasteiger partial charge in [0.25, 0.3) is 5.91 Å². The lowest BCUT2D eigenvalue weighted by Gasteiger charge is -2.24.